The van der Waals surface area contributed by atoms with Gasteiger partial charge in [0.1, 0.15) is 5.60 Å². The second kappa shape index (κ2) is 7.51. The summed E-state index contributed by atoms with van der Waals surface area (Å²) in [7, 11) is 0. The monoisotopic (exact) mass is 325 g/mol. The molecule has 0 bridgehead atoms. The molecule has 0 aromatic heterocycles. The summed E-state index contributed by atoms with van der Waals surface area (Å²) in [5, 5.41) is 0. The molecule has 0 aromatic carbocycles. The van der Waals surface area contributed by atoms with Gasteiger partial charge >= 0.3 is 6.09 Å². The van der Waals surface area contributed by atoms with Crippen molar-refractivity contribution in [3.05, 3.63) is 0 Å². The summed E-state index contributed by atoms with van der Waals surface area (Å²) < 4.78 is 5.46. The largest absolute Gasteiger partial charge is 0.444 e. The Bertz CT molecular complexity index is 433. The van der Waals surface area contributed by atoms with Crippen LogP contribution in [0.2, 0.25) is 0 Å². The minimum atomic E-state index is -0.455. The Hall–Kier alpha value is -1.30. The van der Waals surface area contributed by atoms with Crippen molar-refractivity contribution in [2.24, 2.45) is 17.6 Å². The van der Waals surface area contributed by atoms with Gasteiger partial charge in [-0.25, -0.2) is 4.79 Å². The molecule has 0 saturated carbocycles. The first-order valence-corrected chi connectivity index (χ1v) is 8.74. The average Bonchev–Trinajstić information content (AvgIpc) is 2.84. The van der Waals surface area contributed by atoms with Gasteiger partial charge in [0.25, 0.3) is 0 Å². The highest BCUT2D eigenvalue weighted by molar-refractivity contribution is 5.78. The molecule has 2 saturated heterocycles. The number of nitrogens with zero attached hydrogens (tertiary/aromatic N) is 2. The maximum absolute atomic E-state index is 12.2. The quantitative estimate of drug-likeness (QED) is 0.855. The maximum Gasteiger partial charge on any atom is 0.410 e. The Morgan fingerprint density at radius 3 is 2.65 bits per heavy atom. The lowest BCUT2D eigenvalue weighted by atomic mass is 9.95. The summed E-state index contributed by atoms with van der Waals surface area (Å²) in [5.41, 5.74) is 5.21. The Morgan fingerprint density at radius 2 is 2.04 bits per heavy atom. The van der Waals surface area contributed by atoms with Crippen molar-refractivity contribution in [1.82, 2.24) is 9.80 Å². The summed E-state index contributed by atoms with van der Waals surface area (Å²) in [6.07, 6.45) is 3.43. The molecular formula is C17H31N3O3. The second-order valence-electron chi connectivity index (χ2n) is 7.87. The van der Waals surface area contributed by atoms with Gasteiger partial charge in [0.2, 0.25) is 5.91 Å². The molecular weight excluding hydrogens is 294 g/mol. The number of piperidine rings is 1. The van der Waals surface area contributed by atoms with Crippen molar-refractivity contribution in [2.75, 3.05) is 32.7 Å². The Balaban J connectivity index is 1.78. The number of likely N-dealkylation sites (tertiary alicyclic amines) is 2. The second-order valence-corrected chi connectivity index (χ2v) is 7.87. The van der Waals surface area contributed by atoms with E-state index in [0.29, 0.717) is 24.8 Å². The molecule has 6 nitrogen and oxygen atoms in total. The summed E-state index contributed by atoms with van der Waals surface area (Å²) in [6, 6.07) is 0. The first-order valence-electron chi connectivity index (χ1n) is 8.74. The third kappa shape index (κ3) is 5.37. The highest BCUT2D eigenvalue weighted by Gasteiger charge is 2.31. The third-order valence-corrected chi connectivity index (χ3v) is 4.61. The van der Waals surface area contributed by atoms with Crippen LogP contribution in [-0.4, -0.2) is 60.1 Å². The van der Waals surface area contributed by atoms with Crippen LogP contribution in [0.25, 0.3) is 0 Å². The van der Waals surface area contributed by atoms with Gasteiger partial charge in [-0.2, -0.15) is 0 Å². The van der Waals surface area contributed by atoms with Crippen molar-refractivity contribution in [2.45, 2.75) is 52.1 Å². The molecule has 23 heavy (non-hydrogen) atoms. The Kier molecular flexibility index (Phi) is 5.89. The lowest BCUT2D eigenvalue weighted by Gasteiger charge is -2.34. The Labute approximate surface area is 139 Å². The van der Waals surface area contributed by atoms with Gasteiger partial charge in [0, 0.05) is 32.6 Å². The zero-order valence-electron chi connectivity index (χ0n) is 14.7. The van der Waals surface area contributed by atoms with Crippen LogP contribution in [0.1, 0.15) is 46.5 Å². The van der Waals surface area contributed by atoms with Crippen LogP contribution in [0, 0.1) is 11.8 Å². The SMILES string of the molecule is CC(C)(C)OC(=O)N1CCCC(CCN2CC(CN)CC2=O)C1. The summed E-state index contributed by atoms with van der Waals surface area (Å²) in [5.74, 6) is 0.980. The van der Waals surface area contributed by atoms with E-state index >= 15 is 0 Å². The molecule has 2 N–H and O–H groups in total. The number of ether oxygens (including phenoxy) is 1. The minimum absolute atomic E-state index is 0.220. The first kappa shape index (κ1) is 18.0. The summed E-state index contributed by atoms with van der Waals surface area (Å²) >= 11 is 0. The Morgan fingerprint density at radius 1 is 1.30 bits per heavy atom. The summed E-state index contributed by atoms with van der Waals surface area (Å²) in [4.78, 5) is 27.9. The van der Waals surface area contributed by atoms with Crippen molar-refractivity contribution >= 4 is 12.0 Å². The van der Waals surface area contributed by atoms with Crippen molar-refractivity contribution < 1.29 is 14.3 Å². The van der Waals surface area contributed by atoms with Crippen LogP contribution in [0.5, 0.6) is 0 Å². The topological polar surface area (TPSA) is 75.9 Å². The average molecular weight is 325 g/mol. The fourth-order valence-electron chi connectivity index (χ4n) is 3.36. The number of hydrogen-bond donors (Lipinski definition) is 1. The molecule has 2 rings (SSSR count). The molecule has 2 aliphatic rings. The predicted molar refractivity (Wildman–Crippen MR) is 88.9 cm³/mol. The van der Waals surface area contributed by atoms with E-state index in [2.05, 4.69) is 0 Å². The third-order valence-electron chi connectivity index (χ3n) is 4.61. The number of rotatable bonds is 4. The number of hydrogen-bond acceptors (Lipinski definition) is 4. The van der Waals surface area contributed by atoms with Gasteiger partial charge in [-0.05, 0) is 58.4 Å². The van der Waals surface area contributed by atoms with Gasteiger partial charge in [0.15, 0.2) is 0 Å². The minimum Gasteiger partial charge on any atom is -0.444 e. The molecule has 132 valence electrons. The van der Waals surface area contributed by atoms with Gasteiger partial charge in [-0.3, -0.25) is 4.79 Å². The standard InChI is InChI=1S/C17H31N3O3/c1-17(2,3)23-16(22)20-7-4-5-13(11-20)6-8-19-12-14(10-18)9-15(19)21/h13-14H,4-12,18H2,1-3H3. The van der Waals surface area contributed by atoms with Gasteiger partial charge < -0.3 is 20.3 Å². The zero-order valence-corrected chi connectivity index (χ0v) is 14.7. The van der Waals surface area contributed by atoms with E-state index in [9.17, 15) is 9.59 Å². The van der Waals surface area contributed by atoms with Crippen LogP contribution < -0.4 is 5.73 Å². The predicted octanol–water partition coefficient (Wildman–Crippen LogP) is 1.83. The molecule has 2 unspecified atom stereocenters. The van der Waals surface area contributed by atoms with E-state index < -0.39 is 5.60 Å². The number of nitrogens with two attached hydrogens (primary N) is 1. The molecule has 2 heterocycles. The van der Waals surface area contributed by atoms with E-state index in [4.69, 9.17) is 10.5 Å². The molecule has 0 radical (unpaired) electrons. The van der Waals surface area contributed by atoms with Crippen LogP contribution >= 0.6 is 0 Å². The normalized spacial score (nSPS) is 25.8. The number of amides is 2. The number of carbonyl (C=O) groups excluding carboxylic acids is 2. The lowest BCUT2D eigenvalue weighted by Crippen LogP contribution is -2.43. The van der Waals surface area contributed by atoms with Crippen LogP contribution in [-0.2, 0) is 9.53 Å². The van der Waals surface area contributed by atoms with Crippen LogP contribution in [0.3, 0.4) is 0 Å². The lowest BCUT2D eigenvalue weighted by molar-refractivity contribution is -0.127. The van der Waals surface area contributed by atoms with Gasteiger partial charge in [0.05, 0.1) is 0 Å². The smallest absolute Gasteiger partial charge is 0.410 e. The van der Waals surface area contributed by atoms with E-state index in [1.807, 2.05) is 30.6 Å². The summed E-state index contributed by atoms with van der Waals surface area (Å²) in [6.45, 7) is 9.32. The molecule has 2 fully saturated rings. The molecule has 0 aliphatic carbocycles. The van der Waals surface area contributed by atoms with Crippen molar-refractivity contribution in [3.63, 3.8) is 0 Å². The molecule has 2 atom stereocenters. The van der Waals surface area contributed by atoms with Crippen LogP contribution in [0.15, 0.2) is 0 Å². The highest BCUT2D eigenvalue weighted by atomic mass is 16.6. The van der Waals surface area contributed by atoms with Crippen molar-refractivity contribution in [1.29, 1.82) is 0 Å². The maximum atomic E-state index is 12.2. The number of carbonyl (C=O) groups is 2. The van der Waals surface area contributed by atoms with E-state index in [-0.39, 0.29) is 12.0 Å². The zero-order chi connectivity index (χ0) is 17.0. The van der Waals surface area contributed by atoms with E-state index in [0.717, 1.165) is 45.4 Å². The first-order chi connectivity index (χ1) is 10.8. The van der Waals surface area contributed by atoms with Gasteiger partial charge in [-0.15, -0.1) is 0 Å². The fraction of sp³-hybridized carbons (Fsp3) is 0.882. The van der Waals surface area contributed by atoms with E-state index in [1.165, 1.54) is 0 Å². The fourth-order valence-corrected chi connectivity index (χ4v) is 3.36. The van der Waals surface area contributed by atoms with Crippen LogP contribution in [0.4, 0.5) is 4.79 Å². The molecule has 2 aliphatic heterocycles. The van der Waals surface area contributed by atoms with E-state index in [1.54, 1.807) is 0 Å². The molecule has 2 amide bonds. The van der Waals surface area contributed by atoms with Crippen molar-refractivity contribution in [3.8, 4) is 0 Å². The molecule has 0 aromatic rings. The molecule has 0 spiro atoms. The van der Waals surface area contributed by atoms with Gasteiger partial charge in [-0.1, -0.05) is 0 Å². The molecule has 6 heteroatoms. The highest BCUT2D eigenvalue weighted by Crippen LogP contribution is 2.24.